The van der Waals surface area contributed by atoms with E-state index in [-0.39, 0.29) is 6.42 Å². The number of hydrogen-bond acceptors (Lipinski definition) is 9. The van der Waals surface area contributed by atoms with Crippen molar-refractivity contribution >= 4 is 25.7 Å². The SMILES string of the molecule is CCCCCCCCCCCCC(=O)O.CCCCCCCCCCCCC(=O)O.CCCCCCCCCCCCC(=O)O.Cc1cn([C@H]2C[C@H](O)[C@@H](COP(=O)(O)O)O2)c(=O)[nH]c1=O. The second-order valence-corrected chi connectivity index (χ2v) is 18.9. The summed E-state index contributed by atoms with van der Waals surface area (Å²) in [6.07, 6.45) is 37.2. The third-order valence-electron chi connectivity index (χ3n) is 11.3. The second-order valence-electron chi connectivity index (χ2n) is 17.7. The number of rotatable bonds is 37. The van der Waals surface area contributed by atoms with Crippen molar-refractivity contribution in [3.05, 3.63) is 32.6 Å². The number of aliphatic carboxylic acids is 3. The number of aliphatic hydroxyl groups is 1. The van der Waals surface area contributed by atoms with E-state index in [2.05, 4.69) is 30.3 Å². The summed E-state index contributed by atoms with van der Waals surface area (Å²) >= 11 is 0. The van der Waals surface area contributed by atoms with Crippen molar-refractivity contribution in [2.24, 2.45) is 0 Å². The number of aliphatic hydroxyl groups excluding tert-OH is 1. The van der Waals surface area contributed by atoms with E-state index in [0.717, 1.165) is 43.1 Å². The average molecular weight is 965 g/mol. The minimum absolute atomic E-state index is 0.0283. The van der Waals surface area contributed by atoms with Crippen molar-refractivity contribution in [2.45, 2.75) is 264 Å². The number of carboxylic acid groups (broad SMARTS) is 3. The van der Waals surface area contributed by atoms with E-state index >= 15 is 0 Å². The van der Waals surface area contributed by atoms with Crippen molar-refractivity contribution in [2.75, 3.05) is 6.61 Å². The first-order valence-electron chi connectivity index (χ1n) is 25.5. The molecule has 0 spiro atoms. The lowest BCUT2D eigenvalue weighted by atomic mass is 10.1. The van der Waals surface area contributed by atoms with Crippen LogP contribution < -0.4 is 11.2 Å². The van der Waals surface area contributed by atoms with E-state index in [1.54, 1.807) is 0 Å². The molecule has 1 aliphatic heterocycles. The van der Waals surface area contributed by atoms with Gasteiger partial charge < -0.3 is 34.9 Å². The second kappa shape index (κ2) is 44.6. The molecule has 0 aromatic carbocycles. The molecule has 0 amide bonds. The van der Waals surface area contributed by atoms with E-state index in [9.17, 15) is 33.6 Å². The average Bonchev–Trinajstić information content (AvgIpc) is 3.63. The van der Waals surface area contributed by atoms with E-state index < -0.39 is 62.0 Å². The van der Waals surface area contributed by atoms with Crippen molar-refractivity contribution in [1.82, 2.24) is 9.55 Å². The third kappa shape index (κ3) is 43.7. The standard InChI is InChI=1S/3C13H26O2.C10H15N2O8P/c3*1-2-3-4-5-6-7-8-9-10-11-12-13(14)15;1-5-3-12(10(15)11-9(5)14)8-2-6(13)7(20-8)4-19-21(16,17)18/h3*2-12H2,1H3,(H,14,15);3,6-8,13H,2,4H2,1H3,(H,11,14,15)(H2,16,17,18)/t;;;6-,7+,8+/m...0/s1. The molecule has 388 valence electrons. The number of aryl methyl sites for hydroxylation is 1. The lowest BCUT2D eigenvalue weighted by Crippen LogP contribution is -2.33. The van der Waals surface area contributed by atoms with Gasteiger partial charge in [0.05, 0.1) is 12.7 Å². The normalized spacial score (nSPS) is 15.5. The van der Waals surface area contributed by atoms with Crippen LogP contribution in [0.3, 0.4) is 0 Å². The number of nitrogens with zero attached hydrogens (tertiary/aromatic N) is 1. The number of nitrogens with one attached hydrogen (secondary N) is 1. The van der Waals surface area contributed by atoms with Gasteiger partial charge in [-0.1, -0.05) is 194 Å². The lowest BCUT2D eigenvalue weighted by molar-refractivity contribution is -0.138. The van der Waals surface area contributed by atoms with Crippen molar-refractivity contribution in [1.29, 1.82) is 0 Å². The number of carbonyl (C=O) groups is 3. The van der Waals surface area contributed by atoms with Gasteiger partial charge in [-0.2, -0.15) is 0 Å². The Hall–Kier alpha value is -2.88. The molecular weight excluding hydrogens is 872 g/mol. The zero-order valence-corrected chi connectivity index (χ0v) is 42.3. The molecule has 0 radical (unpaired) electrons. The van der Waals surface area contributed by atoms with Gasteiger partial charge in [0.1, 0.15) is 12.3 Å². The van der Waals surface area contributed by atoms with Gasteiger partial charge in [0, 0.05) is 37.4 Å². The maximum absolute atomic E-state index is 11.7. The number of phosphoric acid groups is 1. The van der Waals surface area contributed by atoms with Crippen LogP contribution in [0.1, 0.15) is 251 Å². The molecule has 17 heteroatoms. The molecule has 1 aromatic rings. The van der Waals surface area contributed by atoms with E-state index in [1.807, 2.05) is 0 Å². The van der Waals surface area contributed by atoms with E-state index in [4.69, 9.17) is 29.8 Å². The molecule has 0 aliphatic carbocycles. The zero-order chi connectivity index (χ0) is 49.9. The molecule has 66 heavy (non-hydrogen) atoms. The summed E-state index contributed by atoms with van der Waals surface area (Å²) in [5, 5.41) is 35.1. The topological polar surface area (TPSA) is 263 Å². The predicted octanol–water partition coefficient (Wildman–Crippen LogP) is 11.7. The van der Waals surface area contributed by atoms with Crippen molar-refractivity contribution in [3.8, 4) is 0 Å². The van der Waals surface area contributed by atoms with Crippen molar-refractivity contribution < 1.29 is 58.4 Å². The number of aromatic amines is 1. The van der Waals surface area contributed by atoms with Crippen LogP contribution in [-0.4, -0.2) is 76.5 Å². The third-order valence-corrected chi connectivity index (χ3v) is 11.8. The molecule has 1 saturated heterocycles. The molecule has 0 unspecified atom stereocenters. The first-order chi connectivity index (χ1) is 31.5. The van der Waals surface area contributed by atoms with Crippen LogP contribution in [-0.2, 0) is 28.2 Å². The molecule has 1 aliphatic rings. The summed E-state index contributed by atoms with van der Waals surface area (Å²) in [6, 6.07) is 0. The molecule has 0 bridgehead atoms. The Morgan fingerprint density at radius 3 is 1.20 bits per heavy atom. The van der Waals surface area contributed by atoms with Gasteiger partial charge in [0.15, 0.2) is 0 Å². The van der Waals surface area contributed by atoms with Crippen LogP contribution in [0.15, 0.2) is 15.8 Å². The Labute approximate surface area is 396 Å². The number of hydrogen-bond donors (Lipinski definition) is 7. The molecule has 0 saturated carbocycles. The number of H-pyrrole nitrogens is 1. The van der Waals surface area contributed by atoms with Crippen molar-refractivity contribution in [3.63, 3.8) is 0 Å². The van der Waals surface area contributed by atoms with Gasteiger partial charge in [-0.05, 0) is 26.2 Å². The number of phosphoric ester groups is 1. The fourth-order valence-electron chi connectivity index (χ4n) is 7.30. The molecule has 2 heterocycles. The molecule has 16 nitrogen and oxygen atoms in total. The highest BCUT2D eigenvalue weighted by Crippen LogP contribution is 2.38. The van der Waals surface area contributed by atoms with Crippen LogP contribution in [0, 0.1) is 6.92 Å². The minimum Gasteiger partial charge on any atom is -0.481 e. The van der Waals surface area contributed by atoms with Crippen LogP contribution in [0.4, 0.5) is 0 Å². The Bertz CT molecular complexity index is 1420. The largest absolute Gasteiger partial charge is 0.481 e. The summed E-state index contributed by atoms with van der Waals surface area (Å²) < 4.78 is 21.4. The molecule has 2 rings (SSSR count). The summed E-state index contributed by atoms with van der Waals surface area (Å²) in [7, 11) is -4.67. The Morgan fingerprint density at radius 1 is 0.606 bits per heavy atom. The fraction of sp³-hybridized carbons (Fsp3) is 0.857. The maximum Gasteiger partial charge on any atom is 0.469 e. The Kier molecular flexibility index (Phi) is 44.1. The predicted molar refractivity (Wildman–Crippen MR) is 261 cm³/mol. The summed E-state index contributed by atoms with van der Waals surface area (Å²) in [5.74, 6) is -1.97. The fourth-order valence-corrected chi connectivity index (χ4v) is 7.64. The van der Waals surface area contributed by atoms with Gasteiger partial charge in [-0.25, -0.2) is 9.36 Å². The Balaban J connectivity index is 0. The van der Waals surface area contributed by atoms with Crippen LogP contribution in [0.2, 0.25) is 0 Å². The van der Waals surface area contributed by atoms with Gasteiger partial charge in [0.25, 0.3) is 5.56 Å². The quantitative estimate of drug-likeness (QED) is 0.0242. The lowest BCUT2D eigenvalue weighted by Gasteiger charge is -2.16. The monoisotopic (exact) mass is 965 g/mol. The number of aromatic nitrogens is 2. The molecule has 1 aromatic heterocycles. The van der Waals surface area contributed by atoms with Crippen LogP contribution in [0.25, 0.3) is 0 Å². The molecule has 7 N–H and O–H groups in total. The van der Waals surface area contributed by atoms with Gasteiger partial charge >= 0.3 is 31.4 Å². The highest BCUT2D eigenvalue weighted by molar-refractivity contribution is 7.46. The van der Waals surface area contributed by atoms with Gasteiger partial charge in [0.2, 0.25) is 0 Å². The number of ether oxygens (including phenoxy) is 1. The first-order valence-corrected chi connectivity index (χ1v) is 27.0. The molecular formula is C49H93N2O14P. The highest BCUT2D eigenvalue weighted by atomic mass is 31.2. The first kappa shape index (κ1) is 65.2. The summed E-state index contributed by atoms with van der Waals surface area (Å²) in [5.41, 5.74) is -0.918. The van der Waals surface area contributed by atoms with E-state index in [0.29, 0.717) is 24.8 Å². The summed E-state index contributed by atoms with van der Waals surface area (Å²) in [6.45, 7) is 7.71. The minimum atomic E-state index is -4.67. The highest BCUT2D eigenvalue weighted by Gasteiger charge is 2.37. The summed E-state index contributed by atoms with van der Waals surface area (Å²) in [4.78, 5) is 73.0. The van der Waals surface area contributed by atoms with Crippen LogP contribution >= 0.6 is 7.82 Å². The van der Waals surface area contributed by atoms with Gasteiger partial charge in [-0.3, -0.25) is 33.3 Å². The maximum atomic E-state index is 11.7. The van der Waals surface area contributed by atoms with Gasteiger partial charge in [-0.15, -0.1) is 0 Å². The molecule has 3 atom stereocenters. The Morgan fingerprint density at radius 2 is 0.909 bits per heavy atom. The molecule has 1 fully saturated rings. The zero-order valence-electron chi connectivity index (χ0n) is 41.4. The smallest absolute Gasteiger partial charge is 0.469 e. The number of unbranched alkanes of at least 4 members (excludes halogenated alkanes) is 27. The van der Waals surface area contributed by atoms with E-state index in [1.165, 1.54) is 167 Å². The number of carboxylic acids is 3. The van der Waals surface area contributed by atoms with Crippen LogP contribution in [0.5, 0.6) is 0 Å².